The molecule has 1 saturated heterocycles. The van der Waals surface area contributed by atoms with Crippen LogP contribution >= 0.6 is 11.3 Å². The van der Waals surface area contributed by atoms with Crippen LogP contribution in [-0.2, 0) is 6.54 Å². The van der Waals surface area contributed by atoms with Gasteiger partial charge in [0.1, 0.15) is 0 Å². The van der Waals surface area contributed by atoms with E-state index in [-0.39, 0.29) is 17.9 Å². The Balaban J connectivity index is 1.55. The van der Waals surface area contributed by atoms with Crippen molar-refractivity contribution in [2.45, 2.75) is 25.4 Å². The molecule has 126 valence electrons. The van der Waals surface area contributed by atoms with Crippen LogP contribution < -0.4 is 11.1 Å². The lowest BCUT2D eigenvalue weighted by Gasteiger charge is -2.30. The molecular formula is C18H21N3O2S. The SMILES string of the molecule is NC1CCN(C(=O)c2ccc(CNC(=O)c3cccs3)cc2)CC1. The van der Waals surface area contributed by atoms with Gasteiger partial charge in [-0.15, -0.1) is 11.3 Å². The molecule has 1 aromatic heterocycles. The molecule has 0 saturated carbocycles. The molecule has 2 amide bonds. The van der Waals surface area contributed by atoms with Gasteiger partial charge < -0.3 is 16.0 Å². The van der Waals surface area contributed by atoms with Crippen molar-refractivity contribution >= 4 is 23.2 Å². The van der Waals surface area contributed by atoms with Crippen LogP contribution in [0.2, 0.25) is 0 Å². The monoisotopic (exact) mass is 343 g/mol. The molecule has 0 atom stereocenters. The van der Waals surface area contributed by atoms with Crippen molar-refractivity contribution in [1.82, 2.24) is 10.2 Å². The summed E-state index contributed by atoms with van der Waals surface area (Å²) in [5.74, 6) is -0.0223. The van der Waals surface area contributed by atoms with Gasteiger partial charge in [0.15, 0.2) is 0 Å². The first-order valence-electron chi connectivity index (χ1n) is 8.09. The number of piperidine rings is 1. The number of hydrogen-bond acceptors (Lipinski definition) is 4. The molecule has 0 aliphatic carbocycles. The summed E-state index contributed by atoms with van der Waals surface area (Å²) < 4.78 is 0. The Morgan fingerprint density at radius 2 is 1.88 bits per heavy atom. The molecule has 1 aromatic carbocycles. The topological polar surface area (TPSA) is 75.4 Å². The first-order valence-corrected chi connectivity index (χ1v) is 8.97. The fraction of sp³-hybridized carbons (Fsp3) is 0.333. The van der Waals surface area contributed by atoms with Crippen molar-refractivity contribution in [3.63, 3.8) is 0 Å². The van der Waals surface area contributed by atoms with E-state index in [2.05, 4.69) is 5.32 Å². The average molecular weight is 343 g/mol. The first kappa shape index (κ1) is 16.7. The van der Waals surface area contributed by atoms with Gasteiger partial charge in [0.05, 0.1) is 4.88 Å². The summed E-state index contributed by atoms with van der Waals surface area (Å²) in [7, 11) is 0. The fourth-order valence-electron chi connectivity index (χ4n) is 2.73. The molecule has 0 spiro atoms. The second-order valence-corrected chi connectivity index (χ2v) is 6.93. The highest BCUT2D eigenvalue weighted by Crippen LogP contribution is 2.14. The molecule has 1 aliphatic rings. The Morgan fingerprint density at radius 3 is 2.50 bits per heavy atom. The third kappa shape index (κ3) is 4.01. The van der Waals surface area contributed by atoms with Gasteiger partial charge in [0.25, 0.3) is 11.8 Å². The lowest BCUT2D eigenvalue weighted by molar-refractivity contribution is 0.0714. The summed E-state index contributed by atoms with van der Waals surface area (Å²) in [4.78, 5) is 26.9. The quantitative estimate of drug-likeness (QED) is 0.894. The van der Waals surface area contributed by atoms with Crippen molar-refractivity contribution in [2.24, 2.45) is 5.73 Å². The summed E-state index contributed by atoms with van der Waals surface area (Å²) in [6.07, 6.45) is 1.72. The lowest BCUT2D eigenvalue weighted by atomic mass is 10.0. The summed E-state index contributed by atoms with van der Waals surface area (Å²) in [5, 5.41) is 4.76. The van der Waals surface area contributed by atoms with Gasteiger partial charge in [0.2, 0.25) is 0 Å². The summed E-state index contributed by atoms with van der Waals surface area (Å²) in [5.41, 5.74) is 7.53. The van der Waals surface area contributed by atoms with Crippen molar-refractivity contribution in [3.8, 4) is 0 Å². The smallest absolute Gasteiger partial charge is 0.261 e. The van der Waals surface area contributed by atoms with E-state index < -0.39 is 0 Å². The number of thiophene rings is 1. The lowest BCUT2D eigenvalue weighted by Crippen LogP contribution is -2.42. The van der Waals surface area contributed by atoms with E-state index in [1.54, 1.807) is 6.07 Å². The van der Waals surface area contributed by atoms with Crippen molar-refractivity contribution in [3.05, 3.63) is 57.8 Å². The fourth-order valence-corrected chi connectivity index (χ4v) is 3.37. The predicted octanol–water partition coefficient (Wildman–Crippen LogP) is 2.24. The molecule has 0 radical (unpaired) electrons. The van der Waals surface area contributed by atoms with Gasteiger partial charge in [-0.25, -0.2) is 0 Å². The third-order valence-corrected chi connectivity index (χ3v) is 5.09. The van der Waals surface area contributed by atoms with Crippen LogP contribution in [0.3, 0.4) is 0 Å². The average Bonchev–Trinajstić information content (AvgIpc) is 3.15. The van der Waals surface area contributed by atoms with Crippen molar-refractivity contribution in [2.75, 3.05) is 13.1 Å². The molecule has 0 bridgehead atoms. The number of carbonyl (C=O) groups is 2. The largest absolute Gasteiger partial charge is 0.347 e. The highest BCUT2D eigenvalue weighted by Gasteiger charge is 2.21. The van der Waals surface area contributed by atoms with Gasteiger partial charge >= 0.3 is 0 Å². The van der Waals surface area contributed by atoms with Gasteiger partial charge in [-0.3, -0.25) is 9.59 Å². The minimum absolute atomic E-state index is 0.0519. The normalized spacial score (nSPS) is 15.3. The van der Waals surface area contributed by atoms with E-state index >= 15 is 0 Å². The van der Waals surface area contributed by atoms with E-state index in [9.17, 15) is 9.59 Å². The number of carbonyl (C=O) groups excluding carboxylic acids is 2. The van der Waals surface area contributed by atoms with Gasteiger partial charge in [-0.1, -0.05) is 18.2 Å². The molecule has 1 aliphatic heterocycles. The Labute approximate surface area is 145 Å². The van der Waals surface area contributed by atoms with Crippen LogP contribution in [0, 0.1) is 0 Å². The maximum Gasteiger partial charge on any atom is 0.261 e. The first-order chi connectivity index (χ1) is 11.6. The van der Waals surface area contributed by atoms with E-state index in [0.717, 1.165) is 31.5 Å². The second-order valence-electron chi connectivity index (χ2n) is 5.99. The summed E-state index contributed by atoms with van der Waals surface area (Å²) in [6.45, 7) is 1.89. The molecule has 2 aromatic rings. The Bertz CT molecular complexity index is 690. The summed E-state index contributed by atoms with van der Waals surface area (Å²) in [6, 6.07) is 11.3. The van der Waals surface area contributed by atoms with E-state index in [1.807, 2.05) is 40.6 Å². The molecule has 5 nitrogen and oxygen atoms in total. The standard InChI is InChI=1S/C18H21N3O2S/c19-15-7-9-21(10-8-15)18(23)14-5-3-13(4-6-14)12-20-17(22)16-2-1-11-24-16/h1-6,11,15H,7-10,12,19H2,(H,20,22). The van der Waals surface area contributed by atoms with E-state index in [0.29, 0.717) is 17.0 Å². The predicted molar refractivity (Wildman–Crippen MR) is 95.0 cm³/mol. The second kappa shape index (κ2) is 7.59. The van der Waals surface area contributed by atoms with Crippen LogP contribution in [0.25, 0.3) is 0 Å². The van der Waals surface area contributed by atoms with Gasteiger partial charge in [0, 0.05) is 31.2 Å². The van der Waals surface area contributed by atoms with Crippen LogP contribution in [0.15, 0.2) is 41.8 Å². The van der Waals surface area contributed by atoms with Gasteiger partial charge in [-0.2, -0.15) is 0 Å². The molecule has 1 fully saturated rings. The molecule has 3 N–H and O–H groups in total. The molecule has 24 heavy (non-hydrogen) atoms. The third-order valence-electron chi connectivity index (χ3n) is 4.23. The number of nitrogens with zero attached hydrogens (tertiary/aromatic N) is 1. The molecule has 6 heteroatoms. The number of likely N-dealkylation sites (tertiary alicyclic amines) is 1. The van der Waals surface area contributed by atoms with Crippen LogP contribution in [0.4, 0.5) is 0 Å². The minimum atomic E-state index is -0.0743. The molecule has 3 rings (SSSR count). The van der Waals surface area contributed by atoms with Gasteiger partial charge in [-0.05, 0) is 42.0 Å². The zero-order valence-electron chi connectivity index (χ0n) is 13.4. The Hall–Kier alpha value is -2.18. The maximum absolute atomic E-state index is 12.5. The summed E-state index contributed by atoms with van der Waals surface area (Å²) >= 11 is 1.42. The molecular weight excluding hydrogens is 322 g/mol. The minimum Gasteiger partial charge on any atom is -0.347 e. The number of amides is 2. The number of benzene rings is 1. The molecule has 0 unspecified atom stereocenters. The maximum atomic E-state index is 12.5. The number of nitrogens with two attached hydrogens (primary N) is 1. The van der Waals surface area contributed by atoms with Crippen LogP contribution in [0.1, 0.15) is 38.4 Å². The highest BCUT2D eigenvalue weighted by atomic mass is 32.1. The number of hydrogen-bond donors (Lipinski definition) is 2. The Kier molecular flexibility index (Phi) is 5.27. The van der Waals surface area contributed by atoms with Crippen molar-refractivity contribution in [1.29, 1.82) is 0 Å². The van der Waals surface area contributed by atoms with Crippen LogP contribution in [-0.4, -0.2) is 35.8 Å². The van der Waals surface area contributed by atoms with E-state index in [1.165, 1.54) is 11.3 Å². The van der Waals surface area contributed by atoms with Crippen LogP contribution in [0.5, 0.6) is 0 Å². The Morgan fingerprint density at radius 1 is 1.17 bits per heavy atom. The number of rotatable bonds is 4. The number of nitrogens with one attached hydrogen (secondary N) is 1. The van der Waals surface area contributed by atoms with Crippen molar-refractivity contribution < 1.29 is 9.59 Å². The zero-order chi connectivity index (χ0) is 16.9. The highest BCUT2D eigenvalue weighted by molar-refractivity contribution is 7.12. The van der Waals surface area contributed by atoms with E-state index in [4.69, 9.17) is 5.73 Å². The zero-order valence-corrected chi connectivity index (χ0v) is 14.2. The molecule has 2 heterocycles.